The van der Waals surface area contributed by atoms with Gasteiger partial charge in [-0.1, -0.05) is 6.92 Å². The second-order valence-corrected chi connectivity index (χ2v) is 9.07. The monoisotopic (exact) mass is 416 g/mol. The van der Waals surface area contributed by atoms with Crippen molar-refractivity contribution in [1.82, 2.24) is 9.55 Å². The summed E-state index contributed by atoms with van der Waals surface area (Å²) in [4.78, 5) is 30.8. The van der Waals surface area contributed by atoms with Gasteiger partial charge in [0.2, 0.25) is 0 Å². The van der Waals surface area contributed by atoms with Crippen molar-refractivity contribution < 1.29 is 14.6 Å². The van der Waals surface area contributed by atoms with Gasteiger partial charge in [0.05, 0.1) is 29.0 Å². The van der Waals surface area contributed by atoms with Crippen molar-refractivity contribution in [3.8, 4) is 11.4 Å². The number of aromatic nitrogens is 2. The van der Waals surface area contributed by atoms with Crippen molar-refractivity contribution in [2.45, 2.75) is 65.2 Å². The molecule has 0 radical (unpaired) electrons. The molecule has 0 fully saturated rings. The molecule has 6 heteroatoms. The first-order valence-electron chi connectivity index (χ1n) is 11.0. The number of hydrogen-bond acceptors (Lipinski definition) is 5. The number of esters is 1. The summed E-state index contributed by atoms with van der Waals surface area (Å²) in [7, 11) is 0. The number of benzene rings is 1. The Kier molecular flexibility index (Phi) is 3.65. The average molecular weight is 416 g/mol. The van der Waals surface area contributed by atoms with E-state index in [1.807, 2.05) is 0 Å². The first kappa shape index (κ1) is 18.8. The normalized spacial score (nSPS) is 21.0. The van der Waals surface area contributed by atoms with Crippen LogP contribution in [0.4, 0.5) is 0 Å². The molecule has 3 aromatic rings. The summed E-state index contributed by atoms with van der Waals surface area (Å²) >= 11 is 0. The third-order valence-corrected chi connectivity index (χ3v) is 7.59. The molecule has 1 N–H and O–H groups in total. The minimum Gasteiger partial charge on any atom is -0.458 e. The number of cyclic esters (lactones) is 1. The van der Waals surface area contributed by atoms with Gasteiger partial charge in [-0.25, -0.2) is 9.78 Å². The Morgan fingerprint density at radius 2 is 1.90 bits per heavy atom. The van der Waals surface area contributed by atoms with Crippen molar-refractivity contribution >= 4 is 16.9 Å². The molecule has 158 valence electrons. The Morgan fingerprint density at radius 3 is 2.68 bits per heavy atom. The molecule has 2 aromatic heterocycles. The SMILES string of the molecule is CC[C@@]1(O)C(=O)OCc2c1cc1n(c2=O)Cc2c-1nc1cc(C)c(C)c3c1c2CCC3. The highest BCUT2D eigenvalue weighted by molar-refractivity contribution is 5.93. The van der Waals surface area contributed by atoms with Gasteiger partial charge in [0.25, 0.3) is 5.56 Å². The second kappa shape index (κ2) is 6.04. The standard InChI is InChI=1S/C25H24N2O4/c1-4-25(30)18-9-20-22-16(10-27(20)23(28)17(18)11-31-24(25)29)15-7-5-6-14-13(3)12(2)8-19(26-22)21(14)15/h8-9,30H,4-7,10-11H2,1-3H3/t25-/m0/s1. The molecule has 0 saturated carbocycles. The summed E-state index contributed by atoms with van der Waals surface area (Å²) < 4.78 is 6.90. The number of carbonyl (C=O) groups excluding carboxylic acids is 1. The van der Waals surface area contributed by atoms with Crippen LogP contribution in [0.25, 0.3) is 22.3 Å². The predicted molar refractivity (Wildman–Crippen MR) is 116 cm³/mol. The maximum Gasteiger partial charge on any atom is 0.343 e. The smallest absolute Gasteiger partial charge is 0.343 e. The number of pyridine rings is 2. The zero-order chi connectivity index (χ0) is 21.7. The van der Waals surface area contributed by atoms with Crippen LogP contribution in [-0.2, 0) is 41.1 Å². The molecule has 0 saturated heterocycles. The van der Waals surface area contributed by atoms with Gasteiger partial charge in [0, 0.05) is 16.5 Å². The molecule has 0 unspecified atom stereocenters. The van der Waals surface area contributed by atoms with Crippen molar-refractivity contribution in [1.29, 1.82) is 0 Å². The van der Waals surface area contributed by atoms with E-state index in [4.69, 9.17) is 9.72 Å². The lowest BCUT2D eigenvalue weighted by Crippen LogP contribution is -2.44. The van der Waals surface area contributed by atoms with Gasteiger partial charge in [-0.2, -0.15) is 0 Å². The number of aliphatic hydroxyl groups is 1. The van der Waals surface area contributed by atoms with Gasteiger partial charge < -0.3 is 14.4 Å². The van der Waals surface area contributed by atoms with Crippen molar-refractivity contribution in [3.05, 3.63) is 61.4 Å². The van der Waals surface area contributed by atoms with Crippen LogP contribution < -0.4 is 5.56 Å². The highest BCUT2D eigenvalue weighted by atomic mass is 16.6. The molecule has 1 aliphatic carbocycles. The lowest BCUT2D eigenvalue weighted by atomic mass is 9.83. The molecular formula is C25H24N2O4. The Bertz CT molecular complexity index is 1400. The van der Waals surface area contributed by atoms with E-state index >= 15 is 0 Å². The van der Waals surface area contributed by atoms with Gasteiger partial charge in [-0.05, 0) is 73.9 Å². The number of rotatable bonds is 1. The lowest BCUT2D eigenvalue weighted by Gasteiger charge is -2.31. The van der Waals surface area contributed by atoms with E-state index in [0.29, 0.717) is 23.4 Å². The lowest BCUT2D eigenvalue weighted by molar-refractivity contribution is -0.172. The van der Waals surface area contributed by atoms with Crippen LogP contribution in [0.2, 0.25) is 0 Å². The van der Waals surface area contributed by atoms with Crippen LogP contribution >= 0.6 is 0 Å². The molecule has 0 amide bonds. The van der Waals surface area contributed by atoms with E-state index in [1.165, 1.54) is 27.6 Å². The third kappa shape index (κ3) is 2.23. The van der Waals surface area contributed by atoms with Crippen LogP contribution in [0.3, 0.4) is 0 Å². The first-order chi connectivity index (χ1) is 14.8. The largest absolute Gasteiger partial charge is 0.458 e. The van der Waals surface area contributed by atoms with E-state index in [2.05, 4.69) is 19.9 Å². The number of nitrogens with zero attached hydrogens (tertiary/aromatic N) is 2. The van der Waals surface area contributed by atoms with Crippen LogP contribution in [-0.4, -0.2) is 20.6 Å². The van der Waals surface area contributed by atoms with Crippen molar-refractivity contribution in [2.24, 2.45) is 0 Å². The zero-order valence-electron chi connectivity index (χ0n) is 18.0. The Balaban J connectivity index is 1.68. The molecule has 2 aliphatic heterocycles. The molecular weight excluding hydrogens is 392 g/mol. The fourth-order valence-electron chi connectivity index (χ4n) is 5.70. The van der Waals surface area contributed by atoms with Crippen molar-refractivity contribution in [2.75, 3.05) is 0 Å². The topological polar surface area (TPSA) is 81.4 Å². The maximum absolute atomic E-state index is 13.4. The van der Waals surface area contributed by atoms with Gasteiger partial charge in [0.1, 0.15) is 6.61 Å². The van der Waals surface area contributed by atoms with E-state index in [1.54, 1.807) is 17.6 Å². The third-order valence-electron chi connectivity index (χ3n) is 7.59. The van der Waals surface area contributed by atoms with E-state index in [9.17, 15) is 14.7 Å². The van der Waals surface area contributed by atoms with Crippen LogP contribution in [0, 0.1) is 13.8 Å². The van der Waals surface area contributed by atoms with E-state index in [0.717, 1.165) is 36.0 Å². The fourth-order valence-corrected chi connectivity index (χ4v) is 5.70. The molecule has 3 aliphatic rings. The molecule has 1 aromatic carbocycles. The highest BCUT2D eigenvalue weighted by Crippen LogP contribution is 2.43. The van der Waals surface area contributed by atoms with E-state index in [-0.39, 0.29) is 18.6 Å². The van der Waals surface area contributed by atoms with Gasteiger partial charge in [-0.3, -0.25) is 4.79 Å². The summed E-state index contributed by atoms with van der Waals surface area (Å²) in [6, 6.07) is 3.94. The number of fused-ring (bicyclic) bond motifs is 5. The molecule has 0 bridgehead atoms. The summed E-state index contributed by atoms with van der Waals surface area (Å²) in [5.41, 5.74) is 7.53. The zero-order valence-corrected chi connectivity index (χ0v) is 18.0. The molecule has 4 heterocycles. The maximum atomic E-state index is 13.4. The Morgan fingerprint density at radius 1 is 1.13 bits per heavy atom. The van der Waals surface area contributed by atoms with Gasteiger partial charge >= 0.3 is 5.97 Å². The van der Waals surface area contributed by atoms with Crippen LogP contribution in [0.5, 0.6) is 0 Å². The minimum absolute atomic E-state index is 0.100. The molecule has 6 rings (SSSR count). The fraction of sp³-hybridized carbons (Fsp3) is 0.400. The van der Waals surface area contributed by atoms with E-state index < -0.39 is 11.6 Å². The Hall–Kier alpha value is -2.99. The minimum atomic E-state index is -1.79. The number of carbonyl (C=O) groups is 1. The average Bonchev–Trinajstić information content (AvgIpc) is 3.14. The number of hydrogen-bond donors (Lipinski definition) is 1. The molecule has 31 heavy (non-hydrogen) atoms. The highest BCUT2D eigenvalue weighted by Gasteiger charge is 2.45. The van der Waals surface area contributed by atoms with Crippen molar-refractivity contribution in [3.63, 3.8) is 0 Å². The van der Waals surface area contributed by atoms with Crippen LogP contribution in [0.15, 0.2) is 16.9 Å². The molecule has 0 spiro atoms. The summed E-state index contributed by atoms with van der Waals surface area (Å²) in [5, 5.41) is 12.3. The quantitative estimate of drug-likeness (QED) is 0.482. The summed E-state index contributed by atoms with van der Waals surface area (Å²) in [6.45, 7) is 6.40. The molecule has 6 nitrogen and oxygen atoms in total. The van der Waals surface area contributed by atoms with Gasteiger partial charge in [-0.15, -0.1) is 0 Å². The molecule has 1 atom stereocenters. The van der Waals surface area contributed by atoms with Crippen LogP contribution in [0.1, 0.15) is 58.7 Å². The second-order valence-electron chi connectivity index (χ2n) is 9.07. The first-order valence-corrected chi connectivity index (χ1v) is 11.0. The number of ether oxygens (including phenoxy) is 1. The summed E-state index contributed by atoms with van der Waals surface area (Å²) in [6.07, 6.45) is 3.26. The Labute approximate surface area is 179 Å². The number of aryl methyl sites for hydroxylation is 3. The van der Waals surface area contributed by atoms with Gasteiger partial charge in [0.15, 0.2) is 5.60 Å². The summed E-state index contributed by atoms with van der Waals surface area (Å²) in [5.74, 6) is -0.692. The predicted octanol–water partition coefficient (Wildman–Crippen LogP) is 3.19.